The summed E-state index contributed by atoms with van der Waals surface area (Å²) < 4.78 is 0. The fourth-order valence-electron chi connectivity index (χ4n) is 1.77. The lowest BCUT2D eigenvalue weighted by molar-refractivity contribution is 0.328. The third kappa shape index (κ3) is 4.43. The number of rotatable bonds is 5. The summed E-state index contributed by atoms with van der Waals surface area (Å²) in [5.74, 6) is 0.783. The van der Waals surface area contributed by atoms with Gasteiger partial charge in [-0.25, -0.2) is 0 Å². The van der Waals surface area contributed by atoms with E-state index in [-0.39, 0.29) is 0 Å². The van der Waals surface area contributed by atoms with Crippen molar-refractivity contribution in [2.75, 3.05) is 20.6 Å². The molecule has 0 bridgehead atoms. The van der Waals surface area contributed by atoms with Gasteiger partial charge in [-0.1, -0.05) is 37.3 Å². The maximum absolute atomic E-state index is 2.32. The Bertz CT molecular complexity index is 241. The van der Waals surface area contributed by atoms with Crippen LogP contribution >= 0.6 is 0 Å². The molecule has 0 N–H and O–H groups in total. The monoisotopic (exact) mass is 191 g/mol. The average molecular weight is 191 g/mol. The molecule has 0 aliphatic carbocycles. The first-order valence-electron chi connectivity index (χ1n) is 5.37. The maximum Gasteiger partial charge on any atom is 0.000103 e. The van der Waals surface area contributed by atoms with Crippen molar-refractivity contribution < 1.29 is 0 Å². The standard InChI is InChI=1S/C13H21N/c1-12(11-14(2)3)9-10-13-7-5-4-6-8-13/h4-8,12H,9-11H2,1-3H3/t12-/m1/s1. The molecule has 1 nitrogen and oxygen atoms in total. The Morgan fingerprint density at radius 3 is 2.36 bits per heavy atom. The van der Waals surface area contributed by atoms with Crippen LogP contribution in [0.1, 0.15) is 18.9 Å². The van der Waals surface area contributed by atoms with Crippen LogP contribution in [-0.2, 0) is 6.42 Å². The Hall–Kier alpha value is -0.820. The molecule has 0 aromatic heterocycles. The highest BCUT2D eigenvalue weighted by molar-refractivity contribution is 5.14. The predicted octanol–water partition coefficient (Wildman–Crippen LogP) is 2.82. The lowest BCUT2D eigenvalue weighted by atomic mass is 10.0. The van der Waals surface area contributed by atoms with Gasteiger partial charge in [0, 0.05) is 6.54 Å². The Morgan fingerprint density at radius 1 is 1.14 bits per heavy atom. The molecule has 0 saturated carbocycles. The normalized spacial score (nSPS) is 13.1. The summed E-state index contributed by atoms with van der Waals surface area (Å²) >= 11 is 0. The van der Waals surface area contributed by atoms with Crippen LogP contribution < -0.4 is 0 Å². The van der Waals surface area contributed by atoms with Crippen LogP contribution in [0.3, 0.4) is 0 Å². The first kappa shape index (κ1) is 11.3. The molecule has 0 spiro atoms. The van der Waals surface area contributed by atoms with E-state index in [2.05, 4.69) is 56.3 Å². The summed E-state index contributed by atoms with van der Waals surface area (Å²) in [4.78, 5) is 2.26. The first-order chi connectivity index (χ1) is 6.68. The molecule has 1 heteroatoms. The predicted molar refractivity (Wildman–Crippen MR) is 62.5 cm³/mol. The molecule has 0 saturated heterocycles. The van der Waals surface area contributed by atoms with Crippen molar-refractivity contribution in [3.63, 3.8) is 0 Å². The molecule has 14 heavy (non-hydrogen) atoms. The van der Waals surface area contributed by atoms with E-state index < -0.39 is 0 Å². The Kier molecular flexibility index (Phi) is 4.68. The van der Waals surface area contributed by atoms with Crippen LogP contribution in [0, 0.1) is 5.92 Å². The molecule has 0 radical (unpaired) electrons. The molecule has 1 atom stereocenters. The molecule has 1 aromatic rings. The van der Waals surface area contributed by atoms with Crippen LogP contribution in [-0.4, -0.2) is 25.5 Å². The van der Waals surface area contributed by atoms with Gasteiger partial charge in [-0.3, -0.25) is 0 Å². The fourth-order valence-corrected chi connectivity index (χ4v) is 1.77. The van der Waals surface area contributed by atoms with E-state index in [9.17, 15) is 0 Å². The van der Waals surface area contributed by atoms with E-state index in [1.54, 1.807) is 0 Å². The van der Waals surface area contributed by atoms with Crippen molar-refractivity contribution in [1.29, 1.82) is 0 Å². The summed E-state index contributed by atoms with van der Waals surface area (Å²) in [5, 5.41) is 0. The third-order valence-corrected chi connectivity index (χ3v) is 2.45. The first-order valence-corrected chi connectivity index (χ1v) is 5.37. The van der Waals surface area contributed by atoms with Gasteiger partial charge in [-0.2, -0.15) is 0 Å². The second-order valence-electron chi connectivity index (χ2n) is 4.39. The van der Waals surface area contributed by atoms with Crippen LogP contribution in [0.5, 0.6) is 0 Å². The highest BCUT2D eigenvalue weighted by Crippen LogP contribution is 2.09. The highest BCUT2D eigenvalue weighted by atomic mass is 15.1. The number of aryl methyl sites for hydroxylation is 1. The summed E-state index contributed by atoms with van der Waals surface area (Å²) in [6.07, 6.45) is 2.48. The zero-order valence-corrected chi connectivity index (χ0v) is 9.53. The lowest BCUT2D eigenvalue weighted by Gasteiger charge is -2.16. The van der Waals surface area contributed by atoms with Gasteiger partial charge in [-0.15, -0.1) is 0 Å². The molecule has 0 fully saturated rings. The Morgan fingerprint density at radius 2 is 1.79 bits per heavy atom. The molecule has 1 aromatic carbocycles. The van der Waals surface area contributed by atoms with Gasteiger partial charge in [0.05, 0.1) is 0 Å². The molecule has 0 aliphatic heterocycles. The van der Waals surface area contributed by atoms with Gasteiger partial charge in [0.25, 0.3) is 0 Å². The highest BCUT2D eigenvalue weighted by Gasteiger charge is 2.03. The van der Waals surface area contributed by atoms with E-state index in [0.717, 1.165) is 5.92 Å². The molecule has 0 unspecified atom stereocenters. The third-order valence-electron chi connectivity index (χ3n) is 2.45. The van der Waals surface area contributed by atoms with Crippen molar-refractivity contribution in [1.82, 2.24) is 4.90 Å². The van der Waals surface area contributed by atoms with Crippen molar-refractivity contribution >= 4 is 0 Å². The maximum atomic E-state index is 2.32. The molecule has 78 valence electrons. The smallest absolute Gasteiger partial charge is 0.000103 e. The topological polar surface area (TPSA) is 3.24 Å². The zero-order chi connectivity index (χ0) is 10.4. The molecule has 0 heterocycles. The second kappa shape index (κ2) is 5.82. The SMILES string of the molecule is C[C@H](CCc1ccccc1)CN(C)C. The van der Waals surface area contributed by atoms with Crippen molar-refractivity contribution in [3.05, 3.63) is 35.9 Å². The minimum atomic E-state index is 0.783. The van der Waals surface area contributed by atoms with Gasteiger partial charge < -0.3 is 4.90 Å². The van der Waals surface area contributed by atoms with Crippen molar-refractivity contribution in [3.8, 4) is 0 Å². The van der Waals surface area contributed by atoms with Crippen LogP contribution in [0.25, 0.3) is 0 Å². The fraction of sp³-hybridized carbons (Fsp3) is 0.538. The summed E-state index contributed by atoms with van der Waals surface area (Å²) in [7, 11) is 4.28. The number of nitrogens with zero attached hydrogens (tertiary/aromatic N) is 1. The van der Waals surface area contributed by atoms with Gasteiger partial charge in [0.15, 0.2) is 0 Å². The Labute approximate surface area is 87.7 Å². The summed E-state index contributed by atoms with van der Waals surface area (Å²) in [5.41, 5.74) is 1.46. The van der Waals surface area contributed by atoms with Gasteiger partial charge in [0.1, 0.15) is 0 Å². The largest absolute Gasteiger partial charge is 0.309 e. The number of hydrogen-bond donors (Lipinski definition) is 0. The molecule has 1 rings (SSSR count). The van der Waals surface area contributed by atoms with E-state index in [1.165, 1.54) is 24.9 Å². The van der Waals surface area contributed by atoms with Crippen LogP contribution in [0.2, 0.25) is 0 Å². The van der Waals surface area contributed by atoms with Crippen LogP contribution in [0.4, 0.5) is 0 Å². The van der Waals surface area contributed by atoms with Crippen LogP contribution in [0.15, 0.2) is 30.3 Å². The molecule has 0 aliphatic rings. The van der Waals surface area contributed by atoms with Gasteiger partial charge >= 0.3 is 0 Å². The van der Waals surface area contributed by atoms with E-state index >= 15 is 0 Å². The quantitative estimate of drug-likeness (QED) is 0.691. The molecular formula is C13H21N. The number of hydrogen-bond acceptors (Lipinski definition) is 1. The minimum absolute atomic E-state index is 0.783. The van der Waals surface area contributed by atoms with Crippen molar-refractivity contribution in [2.24, 2.45) is 5.92 Å². The lowest BCUT2D eigenvalue weighted by Crippen LogP contribution is -2.20. The van der Waals surface area contributed by atoms with E-state index in [0.29, 0.717) is 0 Å². The Balaban J connectivity index is 2.27. The average Bonchev–Trinajstić information content (AvgIpc) is 2.15. The molecular weight excluding hydrogens is 170 g/mol. The van der Waals surface area contributed by atoms with Gasteiger partial charge in [0.2, 0.25) is 0 Å². The molecule has 0 amide bonds. The minimum Gasteiger partial charge on any atom is -0.309 e. The second-order valence-corrected chi connectivity index (χ2v) is 4.39. The van der Waals surface area contributed by atoms with Crippen molar-refractivity contribution in [2.45, 2.75) is 19.8 Å². The van der Waals surface area contributed by atoms with Gasteiger partial charge in [-0.05, 0) is 38.4 Å². The zero-order valence-electron chi connectivity index (χ0n) is 9.53. The summed E-state index contributed by atoms with van der Waals surface area (Å²) in [6.45, 7) is 3.51. The summed E-state index contributed by atoms with van der Waals surface area (Å²) in [6, 6.07) is 10.7. The number of benzene rings is 1. The van der Waals surface area contributed by atoms with E-state index in [1.807, 2.05) is 0 Å². The van der Waals surface area contributed by atoms with E-state index in [4.69, 9.17) is 0 Å².